The van der Waals surface area contributed by atoms with Crippen molar-refractivity contribution in [2.75, 3.05) is 32.9 Å². The Morgan fingerprint density at radius 1 is 1.33 bits per heavy atom. The van der Waals surface area contributed by atoms with Crippen LogP contribution in [-0.2, 0) is 10.0 Å². The van der Waals surface area contributed by atoms with E-state index in [1.807, 2.05) is 19.0 Å². The molecule has 0 bridgehead atoms. The third kappa shape index (κ3) is 4.96. The molecule has 9 heteroatoms. The van der Waals surface area contributed by atoms with Crippen molar-refractivity contribution in [2.45, 2.75) is 17.7 Å². The number of nitrogens with two attached hydrogens (primary N) is 1. The molecule has 1 aromatic rings. The van der Waals surface area contributed by atoms with E-state index in [2.05, 4.69) is 4.72 Å². The molecule has 3 N–H and O–H groups in total. The van der Waals surface area contributed by atoms with Gasteiger partial charge in [0.2, 0.25) is 10.0 Å². The van der Waals surface area contributed by atoms with Crippen molar-refractivity contribution < 1.29 is 13.3 Å². The number of anilines is 1. The molecule has 0 aliphatic heterocycles. The van der Waals surface area contributed by atoms with E-state index in [0.717, 1.165) is 13.0 Å². The highest BCUT2D eigenvalue weighted by Gasteiger charge is 2.27. The van der Waals surface area contributed by atoms with E-state index >= 15 is 0 Å². The minimum absolute atomic E-state index is 0.171. The number of unbranched alkanes of at least 4 members (excludes halogenated alkanes) is 1. The first-order valence-corrected chi connectivity index (χ1v) is 7.91. The van der Waals surface area contributed by atoms with Gasteiger partial charge in [-0.15, -0.1) is 0 Å². The van der Waals surface area contributed by atoms with E-state index in [9.17, 15) is 18.5 Å². The first kappa shape index (κ1) is 17.3. The second kappa shape index (κ2) is 7.34. The number of nitrogens with one attached hydrogen (secondary N) is 1. The fraction of sp³-hybridized carbons (Fsp3) is 0.500. The number of hydrogen-bond donors (Lipinski definition) is 2. The van der Waals surface area contributed by atoms with Gasteiger partial charge in [-0.1, -0.05) is 6.07 Å². The Labute approximate surface area is 124 Å². The average molecular weight is 316 g/mol. The standard InChI is InChI=1S/C12H20N4O4S/c1-15(2)9-4-3-8-14-21(19,20)11-7-5-6-10(13)12(11)16(17)18/h5-7,14H,3-4,8-9,13H2,1-2H3. The van der Waals surface area contributed by atoms with Crippen molar-refractivity contribution in [1.82, 2.24) is 9.62 Å². The van der Waals surface area contributed by atoms with Crippen LogP contribution >= 0.6 is 0 Å². The number of nitro benzene ring substituents is 1. The number of sulfonamides is 1. The second-order valence-corrected chi connectivity index (χ2v) is 6.59. The van der Waals surface area contributed by atoms with Gasteiger partial charge < -0.3 is 10.6 Å². The molecule has 0 saturated heterocycles. The van der Waals surface area contributed by atoms with Crippen LogP contribution < -0.4 is 10.5 Å². The third-order valence-electron chi connectivity index (χ3n) is 2.83. The molecule has 0 amide bonds. The molecular formula is C12H20N4O4S. The normalized spacial score (nSPS) is 11.8. The van der Waals surface area contributed by atoms with Crippen molar-refractivity contribution in [3.8, 4) is 0 Å². The summed E-state index contributed by atoms with van der Waals surface area (Å²) in [7, 11) is -0.0828. The lowest BCUT2D eigenvalue weighted by Crippen LogP contribution is -2.26. The Bertz CT molecular complexity index is 601. The molecule has 118 valence electrons. The number of benzene rings is 1. The molecule has 0 aromatic heterocycles. The van der Waals surface area contributed by atoms with Crippen molar-refractivity contribution in [3.63, 3.8) is 0 Å². The van der Waals surface area contributed by atoms with Gasteiger partial charge >= 0.3 is 5.69 Å². The van der Waals surface area contributed by atoms with Gasteiger partial charge in [0.1, 0.15) is 5.69 Å². The zero-order valence-corrected chi connectivity index (χ0v) is 12.9. The summed E-state index contributed by atoms with van der Waals surface area (Å²) in [6.07, 6.45) is 1.47. The van der Waals surface area contributed by atoms with Gasteiger partial charge in [-0.3, -0.25) is 10.1 Å². The second-order valence-electron chi connectivity index (χ2n) is 4.86. The molecule has 0 radical (unpaired) electrons. The van der Waals surface area contributed by atoms with Gasteiger partial charge in [-0.25, -0.2) is 13.1 Å². The van der Waals surface area contributed by atoms with Gasteiger partial charge in [0.05, 0.1) is 4.92 Å². The predicted octanol–water partition coefficient (Wildman–Crippen LogP) is 0.797. The van der Waals surface area contributed by atoms with Crippen LogP contribution in [0.25, 0.3) is 0 Å². The SMILES string of the molecule is CN(C)CCCCNS(=O)(=O)c1cccc(N)c1[N+](=O)[O-]. The molecule has 0 unspecified atom stereocenters. The number of nitrogens with zero attached hydrogens (tertiary/aromatic N) is 2. The molecule has 0 heterocycles. The van der Waals surface area contributed by atoms with Crippen LogP contribution in [0.2, 0.25) is 0 Å². The zero-order chi connectivity index (χ0) is 16.0. The van der Waals surface area contributed by atoms with Crippen molar-refractivity contribution in [1.29, 1.82) is 0 Å². The van der Waals surface area contributed by atoms with Crippen LogP contribution in [0, 0.1) is 10.1 Å². The summed E-state index contributed by atoms with van der Waals surface area (Å²) in [5.41, 5.74) is 4.73. The smallest absolute Gasteiger partial charge is 0.312 e. The van der Waals surface area contributed by atoms with Crippen LogP contribution in [-0.4, -0.2) is 45.4 Å². The first-order valence-electron chi connectivity index (χ1n) is 6.43. The van der Waals surface area contributed by atoms with E-state index in [1.165, 1.54) is 18.2 Å². The molecule has 0 fully saturated rings. The Balaban J connectivity index is 2.80. The topological polar surface area (TPSA) is 119 Å². The summed E-state index contributed by atoms with van der Waals surface area (Å²) in [5.74, 6) is 0. The van der Waals surface area contributed by atoms with Crippen molar-refractivity contribution >= 4 is 21.4 Å². The highest BCUT2D eigenvalue weighted by atomic mass is 32.2. The Hall–Kier alpha value is -1.71. The summed E-state index contributed by atoms with van der Waals surface area (Å²) >= 11 is 0. The zero-order valence-electron chi connectivity index (χ0n) is 12.1. The summed E-state index contributed by atoms with van der Waals surface area (Å²) in [6.45, 7) is 1.07. The molecule has 8 nitrogen and oxygen atoms in total. The number of hydrogen-bond acceptors (Lipinski definition) is 6. The molecule has 0 spiro atoms. The lowest BCUT2D eigenvalue weighted by atomic mass is 10.3. The van der Waals surface area contributed by atoms with Gasteiger partial charge in [-0.2, -0.15) is 0 Å². The molecule has 0 saturated carbocycles. The van der Waals surface area contributed by atoms with Gasteiger partial charge in [0, 0.05) is 6.54 Å². The van der Waals surface area contributed by atoms with Crippen LogP contribution in [0.3, 0.4) is 0 Å². The van der Waals surface area contributed by atoms with Crippen LogP contribution in [0.15, 0.2) is 23.1 Å². The quantitative estimate of drug-likeness (QED) is 0.317. The Kier molecular flexibility index (Phi) is 6.06. The maximum atomic E-state index is 12.1. The summed E-state index contributed by atoms with van der Waals surface area (Å²) < 4.78 is 26.6. The highest BCUT2D eigenvalue weighted by molar-refractivity contribution is 7.89. The molecule has 0 aliphatic rings. The Morgan fingerprint density at radius 2 is 2.00 bits per heavy atom. The molecule has 0 aliphatic carbocycles. The minimum Gasteiger partial charge on any atom is -0.393 e. The van der Waals surface area contributed by atoms with E-state index in [4.69, 9.17) is 5.73 Å². The van der Waals surface area contributed by atoms with Gasteiger partial charge in [-0.05, 0) is 45.6 Å². The maximum Gasteiger partial charge on any atom is 0.312 e. The monoisotopic (exact) mass is 316 g/mol. The molecule has 1 rings (SSSR count). The predicted molar refractivity (Wildman–Crippen MR) is 80.5 cm³/mol. The summed E-state index contributed by atoms with van der Waals surface area (Å²) in [6, 6.07) is 3.85. The van der Waals surface area contributed by atoms with Crippen LogP contribution in [0.4, 0.5) is 11.4 Å². The van der Waals surface area contributed by atoms with E-state index in [0.29, 0.717) is 6.42 Å². The minimum atomic E-state index is -3.94. The van der Waals surface area contributed by atoms with Gasteiger partial charge in [0.15, 0.2) is 4.90 Å². The Morgan fingerprint density at radius 3 is 2.57 bits per heavy atom. The van der Waals surface area contributed by atoms with Crippen LogP contribution in [0.1, 0.15) is 12.8 Å². The van der Waals surface area contributed by atoms with E-state index in [1.54, 1.807) is 0 Å². The van der Waals surface area contributed by atoms with Crippen molar-refractivity contribution in [3.05, 3.63) is 28.3 Å². The molecule has 21 heavy (non-hydrogen) atoms. The van der Waals surface area contributed by atoms with Gasteiger partial charge in [0.25, 0.3) is 0 Å². The molecular weight excluding hydrogens is 296 g/mol. The highest BCUT2D eigenvalue weighted by Crippen LogP contribution is 2.29. The number of nitro groups is 1. The summed E-state index contributed by atoms with van der Waals surface area (Å²) in [4.78, 5) is 11.8. The fourth-order valence-electron chi connectivity index (χ4n) is 1.79. The van der Waals surface area contributed by atoms with Crippen molar-refractivity contribution in [2.24, 2.45) is 0 Å². The number of para-hydroxylation sites is 1. The lowest BCUT2D eigenvalue weighted by molar-refractivity contribution is -0.386. The maximum absolute atomic E-state index is 12.1. The average Bonchev–Trinajstić information content (AvgIpc) is 2.37. The number of nitrogen functional groups attached to an aromatic ring is 1. The first-order chi connectivity index (χ1) is 9.75. The molecule has 1 aromatic carbocycles. The van der Waals surface area contributed by atoms with E-state index < -0.39 is 25.5 Å². The van der Waals surface area contributed by atoms with E-state index in [-0.39, 0.29) is 12.2 Å². The largest absolute Gasteiger partial charge is 0.393 e. The summed E-state index contributed by atoms with van der Waals surface area (Å²) in [5, 5.41) is 11.0. The third-order valence-corrected chi connectivity index (χ3v) is 4.32. The van der Waals surface area contributed by atoms with Crippen LogP contribution in [0.5, 0.6) is 0 Å². The number of rotatable bonds is 8. The lowest BCUT2D eigenvalue weighted by Gasteiger charge is -2.10. The fourth-order valence-corrected chi connectivity index (χ4v) is 3.06. The molecule has 0 atom stereocenters.